The van der Waals surface area contributed by atoms with Gasteiger partial charge in [-0.05, 0) is 19.4 Å². The molecule has 2 aromatic heterocycles. The molecule has 0 aromatic carbocycles. The van der Waals surface area contributed by atoms with E-state index in [1.807, 2.05) is 0 Å². The number of ether oxygens (including phenoxy) is 1. The summed E-state index contributed by atoms with van der Waals surface area (Å²) in [4.78, 5) is 11.2. The van der Waals surface area contributed by atoms with Crippen LogP contribution in [0.4, 0.5) is 0 Å². The second kappa shape index (κ2) is 6.19. The highest BCUT2D eigenvalue weighted by atomic mass is 35.5. The Bertz CT molecular complexity index is 556. The van der Waals surface area contributed by atoms with Crippen molar-refractivity contribution in [1.29, 1.82) is 0 Å². The molecule has 18 heavy (non-hydrogen) atoms. The Morgan fingerprint density at radius 2 is 2.11 bits per heavy atom. The molecule has 0 radical (unpaired) electrons. The lowest BCUT2D eigenvalue weighted by molar-refractivity contribution is 0.218. The van der Waals surface area contributed by atoms with Crippen LogP contribution in [0.5, 0.6) is 0 Å². The minimum absolute atomic E-state index is 0.573. The monoisotopic (exact) mass is 302 g/mol. The van der Waals surface area contributed by atoms with Crippen molar-refractivity contribution >= 4 is 44.9 Å². The van der Waals surface area contributed by atoms with Crippen LogP contribution in [0.1, 0.15) is 16.3 Å². The number of rotatable bonds is 5. The summed E-state index contributed by atoms with van der Waals surface area (Å²) >= 11 is 9.68. The molecule has 0 atom stereocenters. The molecule has 98 valence electrons. The summed E-state index contributed by atoms with van der Waals surface area (Å²) in [5.74, 6) is 2.52. The predicted molar refractivity (Wildman–Crippen MR) is 79.9 cm³/mol. The number of thioether (sulfide) groups is 1. The molecule has 6 heteroatoms. The van der Waals surface area contributed by atoms with Gasteiger partial charge in [0.2, 0.25) is 0 Å². The average Bonchev–Trinajstić information content (AvgIpc) is 2.61. The zero-order chi connectivity index (χ0) is 13.1. The van der Waals surface area contributed by atoms with E-state index in [9.17, 15) is 0 Å². The second-order valence-corrected chi connectivity index (χ2v) is 6.61. The van der Waals surface area contributed by atoms with Gasteiger partial charge in [0.05, 0.1) is 17.7 Å². The first-order valence-corrected chi connectivity index (χ1v) is 7.97. The molecule has 3 nitrogen and oxygen atoms in total. The Morgan fingerprint density at radius 3 is 2.83 bits per heavy atom. The first-order valence-electron chi connectivity index (χ1n) is 5.62. The lowest BCUT2D eigenvalue weighted by Gasteiger charge is -2.02. The number of aromatic nitrogens is 2. The number of hydrogen-bond acceptors (Lipinski definition) is 5. The highest BCUT2D eigenvalue weighted by Crippen LogP contribution is 2.33. The van der Waals surface area contributed by atoms with Crippen molar-refractivity contribution < 1.29 is 4.74 Å². The number of aryl methyl sites for hydroxylation is 2. The van der Waals surface area contributed by atoms with Gasteiger partial charge in [-0.3, -0.25) is 0 Å². The van der Waals surface area contributed by atoms with Crippen LogP contribution in [0, 0.1) is 13.8 Å². The van der Waals surface area contributed by atoms with Crippen molar-refractivity contribution in [2.75, 3.05) is 19.5 Å². The van der Waals surface area contributed by atoms with Crippen molar-refractivity contribution in [1.82, 2.24) is 9.97 Å². The Kier molecular flexibility index (Phi) is 4.84. The van der Waals surface area contributed by atoms with Crippen LogP contribution in [-0.2, 0) is 10.5 Å². The fourth-order valence-corrected chi connectivity index (χ4v) is 3.79. The van der Waals surface area contributed by atoms with Crippen molar-refractivity contribution in [2.45, 2.75) is 19.6 Å². The summed E-state index contributed by atoms with van der Waals surface area (Å²) in [5, 5.41) is 1.58. The van der Waals surface area contributed by atoms with Gasteiger partial charge in [-0.2, -0.15) is 11.8 Å². The van der Waals surface area contributed by atoms with Crippen LogP contribution in [0.25, 0.3) is 10.2 Å². The summed E-state index contributed by atoms with van der Waals surface area (Å²) in [7, 11) is 1.71. The number of halogens is 1. The molecule has 2 aromatic rings. The first kappa shape index (κ1) is 14.1. The lowest BCUT2D eigenvalue weighted by atomic mass is 10.2. The second-order valence-electron chi connectivity index (χ2n) is 3.94. The SMILES string of the molecule is COCCSCc1nc(Cl)c2c(C)c(C)sc2n1. The summed E-state index contributed by atoms with van der Waals surface area (Å²) in [6.45, 7) is 4.90. The normalized spacial score (nSPS) is 11.3. The Hall–Kier alpha value is -0.360. The molecule has 0 N–H and O–H groups in total. The van der Waals surface area contributed by atoms with Gasteiger partial charge in [-0.25, -0.2) is 9.97 Å². The van der Waals surface area contributed by atoms with Crippen LogP contribution in [0.2, 0.25) is 5.15 Å². The number of thiophene rings is 1. The van der Waals surface area contributed by atoms with Crippen molar-refractivity contribution in [3.05, 3.63) is 21.4 Å². The lowest BCUT2D eigenvalue weighted by Crippen LogP contribution is -1.96. The van der Waals surface area contributed by atoms with Crippen LogP contribution in [-0.4, -0.2) is 29.4 Å². The molecule has 0 spiro atoms. The molecule has 0 saturated carbocycles. The molecular formula is C12H15ClN2OS2. The number of hydrogen-bond donors (Lipinski definition) is 0. The summed E-state index contributed by atoms with van der Waals surface area (Å²) < 4.78 is 5.01. The molecule has 0 aliphatic rings. The van der Waals surface area contributed by atoms with E-state index in [1.54, 1.807) is 30.2 Å². The minimum Gasteiger partial charge on any atom is -0.384 e. The average molecular weight is 303 g/mol. The first-order chi connectivity index (χ1) is 8.63. The van der Waals surface area contributed by atoms with Gasteiger partial charge in [0.15, 0.2) is 0 Å². The summed E-state index contributed by atoms with van der Waals surface area (Å²) in [6, 6.07) is 0. The van der Waals surface area contributed by atoms with E-state index in [1.165, 1.54) is 10.4 Å². The zero-order valence-corrected chi connectivity index (χ0v) is 13.0. The maximum atomic E-state index is 6.24. The fourth-order valence-electron chi connectivity index (χ4n) is 1.61. The molecule has 0 amide bonds. The van der Waals surface area contributed by atoms with Gasteiger partial charge < -0.3 is 4.74 Å². The molecule has 0 aliphatic heterocycles. The number of nitrogens with zero attached hydrogens (tertiary/aromatic N) is 2. The van der Waals surface area contributed by atoms with E-state index in [0.717, 1.165) is 34.2 Å². The molecule has 0 fully saturated rings. The molecule has 0 unspecified atom stereocenters. The maximum absolute atomic E-state index is 6.24. The highest BCUT2D eigenvalue weighted by molar-refractivity contribution is 7.98. The predicted octanol–water partition coefficient (Wildman–Crippen LogP) is 3.84. The third-order valence-corrected chi connectivity index (χ3v) is 4.99. The Morgan fingerprint density at radius 1 is 1.33 bits per heavy atom. The standard InChI is InChI=1S/C12H15ClN2OS2/c1-7-8(2)18-12-10(7)11(13)14-9(15-12)6-17-5-4-16-3/h4-6H2,1-3H3. The van der Waals surface area contributed by atoms with Crippen LogP contribution in [0.3, 0.4) is 0 Å². The summed E-state index contributed by atoms with van der Waals surface area (Å²) in [5.41, 5.74) is 1.19. The van der Waals surface area contributed by atoms with E-state index >= 15 is 0 Å². The maximum Gasteiger partial charge on any atom is 0.141 e. The van der Waals surface area contributed by atoms with Gasteiger partial charge in [0.25, 0.3) is 0 Å². The highest BCUT2D eigenvalue weighted by Gasteiger charge is 2.12. The number of methoxy groups -OCH3 is 1. The quantitative estimate of drug-likeness (QED) is 0.621. The molecular weight excluding hydrogens is 288 g/mol. The minimum atomic E-state index is 0.573. The van der Waals surface area contributed by atoms with Gasteiger partial charge >= 0.3 is 0 Å². The molecule has 2 heterocycles. The van der Waals surface area contributed by atoms with Crippen molar-refractivity contribution in [3.63, 3.8) is 0 Å². The van der Waals surface area contributed by atoms with Crippen LogP contribution >= 0.6 is 34.7 Å². The smallest absolute Gasteiger partial charge is 0.141 e. The van der Waals surface area contributed by atoms with Gasteiger partial charge in [0.1, 0.15) is 15.8 Å². The zero-order valence-electron chi connectivity index (χ0n) is 10.6. The molecule has 0 saturated heterocycles. The largest absolute Gasteiger partial charge is 0.384 e. The van der Waals surface area contributed by atoms with Gasteiger partial charge in [0, 0.05) is 17.7 Å². The third kappa shape index (κ3) is 2.96. The molecule has 0 bridgehead atoms. The Balaban J connectivity index is 2.21. The third-order valence-electron chi connectivity index (χ3n) is 2.69. The Labute approximate surface area is 120 Å². The van der Waals surface area contributed by atoms with E-state index in [2.05, 4.69) is 23.8 Å². The number of fused-ring (bicyclic) bond motifs is 1. The van der Waals surface area contributed by atoms with E-state index in [-0.39, 0.29) is 0 Å². The van der Waals surface area contributed by atoms with Crippen molar-refractivity contribution in [3.8, 4) is 0 Å². The van der Waals surface area contributed by atoms with Crippen molar-refractivity contribution in [2.24, 2.45) is 0 Å². The summed E-state index contributed by atoms with van der Waals surface area (Å²) in [6.07, 6.45) is 0. The van der Waals surface area contributed by atoms with Crippen LogP contribution < -0.4 is 0 Å². The van der Waals surface area contributed by atoms with E-state index in [0.29, 0.717) is 5.15 Å². The molecule has 2 rings (SSSR count). The molecule has 0 aliphatic carbocycles. The van der Waals surface area contributed by atoms with Gasteiger partial charge in [-0.15, -0.1) is 11.3 Å². The van der Waals surface area contributed by atoms with E-state index in [4.69, 9.17) is 16.3 Å². The fraction of sp³-hybridized carbons (Fsp3) is 0.500. The van der Waals surface area contributed by atoms with Gasteiger partial charge in [-0.1, -0.05) is 11.6 Å². The van der Waals surface area contributed by atoms with E-state index < -0.39 is 0 Å². The topological polar surface area (TPSA) is 35.0 Å². The van der Waals surface area contributed by atoms with Crippen LogP contribution in [0.15, 0.2) is 0 Å².